The molecular formula is C14H19NO. The molecule has 2 N–H and O–H groups in total. The SMILES string of the molecule is C=CCCc1ccc(C[C@H](N)C(C)=O)cc1. The summed E-state index contributed by atoms with van der Waals surface area (Å²) in [7, 11) is 0. The van der Waals surface area contributed by atoms with E-state index in [2.05, 4.69) is 18.7 Å². The number of rotatable bonds is 6. The number of hydrogen-bond donors (Lipinski definition) is 1. The Bertz CT molecular complexity index is 354. The molecule has 0 saturated carbocycles. The Morgan fingerprint density at radius 3 is 2.44 bits per heavy atom. The Morgan fingerprint density at radius 2 is 1.94 bits per heavy atom. The van der Waals surface area contributed by atoms with Crippen molar-refractivity contribution in [2.75, 3.05) is 0 Å². The molecule has 2 heteroatoms. The van der Waals surface area contributed by atoms with E-state index < -0.39 is 0 Å². The van der Waals surface area contributed by atoms with Crippen molar-refractivity contribution in [3.63, 3.8) is 0 Å². The van der Waals surface area contributed by atoms with Crippen molar-refractivity contribution in [1.29, 1.82) is 0 Å². The molecular weight excluding hydrogens is 198 g/mol. The normalized spacial score (nSPS) is 12.1. The fraction of sp³-hybridized carbons (Fsp3) is 0.357. The molecule has 1 rings (SSSR count). The second kappa shape index (κ2) is 6.23. The second-order valence-electron chi connectivity index (χ2n) is 4.07. The molecule has 0 amide bonds. The first kappa shape index (κ1) is 12.7. The molecule has 16 heavy (non-hydrogen) atoms. The summed E-state index contributed by atoms with van der Waals surface area (Å²) >= 11 is 0. The lowest BCUT2D eigenvalue weighted by atomic mass is 10.0. The molecule has 0 fully saturated rings. The third-order valence-electron chi connectivity index (χ3n) is 2.64. The number of Topliss-reactive ketones (excluding diaryl/α,β-unsaturated/α-hetero) is 1. The molecule has 86 valence electrons. The number of aryl methyl sites for hydroxylation is 1. The van der Waals surface area contributed by atoms with Crippen molar-refractivity contribution in [3.05, 3.63) is 48.0 Å². The van der Waals surface area contributed by atoms with Crippen LogP contribution in [0.4, 0.5) is 0 Å². The van der Waals surface area contributed by atoms with E-state index in [4.69, 9.17) is 5.73 Å². The summed E-state index contributed by atoms with van der Waals surface area (Å²) in [4.78, 5) is 11.0. The van der Waals surface area contributed by atoms with Gasteiger partial charge in [0, 0.05) is 0 Å². The quantitative estimate of drug-likeness (QED) is 0.743. The smallest absolute Gasteiger partial charge is 0.146 e. The lowest BCUT2D eigenvalue weighted by Crippen LogP contribution is -2.30. The van der Waals surface area contributed by atoms with Gasteiger partial charge in [0.05, 0.1) is 6.04 Å². The van der Waals surface area contributed by atoms with Crippen LogP contribution in [0.1, 0.15) is 24.5 Å². The van der Waals surface area contributed by atoms with Gasteiger partial charge in [0.1, 0.15) is 5.78 Å². The van der Waals surface area contributed by atoms with Crippen molar-refractivity contribution < 1.29 is 4.79 Å². The number of ketones is 1. The average Bonchev–Trinajstić information content (AvgIpc) is 2.28. The van der Waals surface area contributed by atoms with Crippen LogP contribution in [0, 0.1) is 0 Å². The molecule has 1 atom stereocenters. The highest BCUT2D eigenvalue weighted by molar-refractivity contribution is 5.81. The lowest BCUT2D eigenvalue weighted by Gasteiger charge is -2.08. The van der Waals surface area contributed by atoms with Gasteiger partial charge in [0.15, 0.2) is 0 Å². The summed E-state index contributed by atoms with van der Waals surface area (Å²) in [6.07, 6.45) is 4.55. The van der Waals surface area contributed by atoms with Crippen LogP contribution in [0.25, 0.3) is 0 Å². The van der Waals surface area contributed by atoms with E-state index in [1.807, 2.05) is 18.2 Å². The average molecular weight is 217 g/mol. The number of carbonyl (C=O) groups excluding carboxylic acids is 1. The third kappa shape index (κ3) is 3.99. The number of hydrogen-bond acceptors (Lipinski definition) is 2. The predicted octanol–water partition coefficient (Wildman–Crippen LogP) is 2.26. The van der Waals surface area contributed by atoms with Gasteiger partial charge in [-0.15, -0.1) is 6.58 Å². The van der Waals surface area contributed by atoms with Crippen molar-refractivity contribution in [3.8, 4) is 0 Å². The van der Waals surface area contributed by atoms with E-state index >= 15 is 0 Å². The first-order valence-corrected chi connectivity index (χ1v) is 5.58. The minimum atomic E-state index is -0.376. The molecule has 0 radical (unpaired) electrons. The van der Waals surface area contributed by atoms with Gasteiger partial charge in [-0.3, -0.25) is 4.79 Å². The van der Waals surface area contributed by atoms with Crippen LogP contribution in [0.3, 0.4) is 0 Å². The summed E-state index contributed by atoms with van der Waals surface area (Å²) in [5.41, 5.74) is 8.11. The standard InChI is InChI=1S/C14H19NO/c1-3-4-5-12-6-8-13(9-7-12)10-14(15)11(2)16/h3,6-9,14H,1,4-5,10,15H2,2H3/t14-/m0/s1. The van der Waals surface area contributed by atoms with Crippen LogP contribution >= 0.6 is 0 Å². The largest absolute Gasteiger partial charge is 0.321 e. The molecule has 1 aromatic carbocycles. The molecule has 0 aliphatic rings. The minimum Gasteiger partial charge on any atom is -0.321 e. The van der Waals surface area contributed by atoms with Crippen LogP contribution in [0.5, 0.6) is 0 Å². The highest BCUT2D eigenvalue weighted by Crippen LogP contribution is 2.08. The molecule has 0 aliphatic carbocycles. The maximum absolute atomic E-state index is 11.0. The topological polar surface area (TPSA) is 43.1 Å². The van der Waals surface area contributed by atoms with E-state index in [1.54, 1.807) is 0 Å². The Morgan fingerprint density at radius 1 is 1.38 bits per heavy atom. The summed E-state index contributed by atoms with van der Waals surface area (Å²) in [5.74, 6) is 0.0377. The number of benzene rings is 1. The maximum Gasteiger partial charge on any atom is 0.146 e. The van der Waals surface area contributed by atoms with Gasteiger partial charge >= 0.3 is 0 Å². The fourth-order valence-electron chi connectivity index (χ4n) is 1.51. The summed E-state index contributed by atoms with van der Waals surface area (Å²) in [6.45, 7) is 5.23. The first-order chi connectivity index (χ1) is 7.63. The molecule has 0 unspecified atom stereocenters. The van der Waals surface area contributed by atoms with E-state index in [0.29, 0.717) is 6.42 Å². The van der Waals surface area contributed by atoms with Crippen LogP contribution in [-0.2, 0) is 17.6 Å². The number of carbonyl (C=O) groups is 1. The van der Waals surface area contributed by atoms with Crippen molar-refractivity contribution >= 4 is 5.78 Å². The van der Waals surface area contributed by atoms with E-state index in [1.165, 1.54) is 12.5 Å². The third-order valence-corrected chi connectivity index (χ3v) is 2.64. The summed E-state index contributed by atoms with van der Waals surface area (Å²) in [5, 5.41) is 0. The summed E-state index contributed by atoms with van der Waals surface area (Å²) < 4.78 is 0. The van der Waals surface area contributed by atoms with E-state index in [9.17, 15) is 4.79 Å². The van der Waals surface area contributed by atoms with Gasteiger partial charge in [-0.1, -0.05) is 30.3 Å². The zero-order valence-electron chi connectivity index (χ0n) is 9.78. The zero-order valence-corrected chi connectivity index (χ0v) is 9.78. The van der Waals surface area contributed by atoms with Gasteiger partial charge < -0.3 is 5.73 Å². The monoisotopic (exact) mass is 217 g/mol. The molecule has 0 spiro atoms. The van der Waals surface area contributed by atoms with E-state index in [0.717, 1.165) is 18.4 Å². The minimum absolute atomic E-state index is 0.0377. The Hall–Kier alpha value is -1.41. The van der Waals surface area contributed by atoms with Gasteiger partial charge in [0.2, 0.25) is 0 Å². The highest BCUT2D eigenvalue weighted by atomic mass is 16.1. The Balaban J connectivity index is 2.57. The number of nitrogens with two attached hydrogens (primary N) is 1. The number of allylic oxidation sites excluding steroid dienone is 1. The van der Waals surface area contributed by atoms with Crippen LogP contribution in [-0.4, -0.2) is 11.8 Å². The molecule has 0 aromatic heterocycles. The van der Waals surface area contributed by atoms with Gasteiger partial charge in [0.25, 0.3) is 0 Å². The van der Waals surface area contributed by atoms with Crippen LogP contribution < -0.4 is 5.73 Å². The maximum atomic E-state index is 11.0. The van der Waals surface area contributed by atoms with E-state index in [-0.39, 0.29) is 11.8 Å². The Labute approximate surface area is 97.2 Å². The predicted molar refractivity (Wildman–Crippen MR) is 67.3 cm³/mol. The van der Waals surface area contributed by atoms with Crippen LogP contribution in [0.15, 0.2) is 36.9 Å². The van der Waals surface area contributed by atoms with Gasteiger partial charge in [-0.25, -0.2) is 0 Å². The van der Waals surface area contributed by atoms with Crippen molar-refractivity contribution in [2.45, 2.75) is 32.2 Å². The van der Waals surface area contributed by atoms with Gasteiger partial charge in [-0.2, -0.15) is 0 Å². The zero-order chi connectivity index (χ0) is 12.0. The first-order valence-electron chi connectivity index (χ1n) is 5.58. The highest BCUT2D eigenvalue weighted by Gasteiger charge is 2.08. The fourth-order valence-corrected chi connectivity index (χ4v) is 1.51. The molecule has 0 bridgehead atoms. The molecule has 0 aliphatic heterocycles. The van der Waals surface area contributed by atoms with Crippen LogP contribution in [0.2, 0.25) is 0 Å². The molecule has 1 aromatic rings. The molecule has 0 saturated heterocycles. The summed E-state index contributed by atoms with van der Waals surface area (Å²) in [6, 6.07) is 7.89. The van der Waals surface area contributed by atoms with Gasteiger partial charge in [-0.05, 0) is 37.3 Å². The van der Waals surface area contributed by atoms with Crippen molar-refractivity contribution in [2.24, 2.45) is 5.73 Å². The molecule has 2 nitrogen and oxygen atoms in total. The van der Waals surface area contributed by atoms with Crippen molar-refractivity contribution in [1.82, 2.24) is 0 Å². The second-order valence-corrected chi connectivity index (χ2v) is 4.07. The Kier molecular flexibility index (Phi) is 4.93. The molecule has 0 heterocycles. The lowest BCUT2D eigenvalue weighted by molar-refractivity contribution is -0.118.